The number of thiocarbonyl (C=S) groups is 1. The minimum absolute atomic E-state index is 0.168. The highest BCUT2D eigenvalue weighted by Crippen LogP contribution is 2.37. The Labute approximate surface area is 187 Å². The molecular formula is C24H26N4O2S. The fraction of sp³-hybridized carbons (Fsp3) is 0.292. The van der Waals surface area contributed by atoms with Crippen molar-refractivity contribution in [3.63, 3.8) is 0 Å². The van der Waals surface area contributed by atoms with Gasteiger partial charge in [0, 0.05) is 17.8 Å². The molecular weight excluding hydrogens is 408 g/mol. The first-order valence-corrected chi connectivity index (χ1v) is 10.7. The number of ether oxygens (including phenoxy) is 1. The Kier molecular flexibility index (Phi) is 5.78. The van der Waals surface area contributed by atoms with Gasteiger partial charge >= 0.3 is 0 Å². The minimum atomic E-state index is -0.168. The van der Waals surface area contributed by atoms with Gasteiger partial charge in [0.25, 0.3) is 5.89 Å². The van der Waals surface area contributed by atoms with Gasteiger partial charge in [-0.15, -0.1) is 0 Å². The van der Waals surface area contributed by atoms with Gasteiger partial charge in [0.15, 0.2) is 5.11 Å². The van der Waals surface area contributed by atoms with Gasteiger partial charge in [0.1, 0.15) is 5.75 Å². The number of rotatable bonds is 5. The lowest BCUT2D eigenvalue weighted by atomic mass is 9.92. The van der Waals surface area contributed by atoms with Gasteiger partial charge < -0.3 is 19.5 Å². The lowest BCUT2D eigenvalue weighted by Gasteiger charge is -2.36. The Hall–Kier alpha value is -3.19. The van der Waals surface area contributed by atoms with E-state index >= 15 is 0 Å². The molecule has 0 radical (unpaired) electrons. The van der Waals surface area contributed by atoms with Crippen LogP contribution in [0, 0.1) is 13.8 Å². The molecule has 0 saturated heterocycles. The summed E-state index contributed by atoms with van der Waals surface area (Å²) < 4.78 is 11.0. The van der Waals surface area contributed by atoms with Crippen molar-refractivity contribution in [1.82, 2.24) is 20.4 Å². The number of aromatic nitrogens is 2. The van der Waals surface area contributed by atoms with Crippen LogP contribution < -0.4 is 10.1 Å². The van der Waals surface area contributed by atoms with E-state index in [0.29, 0.717) is 16.8 Å². The summed E-state index contributed by atoms with van der Waals surface area (Å²) in [5.74, 6) is 1.80. The molecule has 4 rings (SSSR count). The largest absolute Gasteiger partial charge is 0.497 e. The first kappa shape index (κ1) is 21.1. The van der Waals surface area contributed by atoms with E-state index in [0.717, 1.165) is 34.7 Å². The quantitative estimate of drug-likeness (QED) is 0.564. The summed E-state index contributed by atoms with van der Waals surface area (Å²) in [6.07, 6.45) is 0. The Morgan fingerprint density at radius 2 is 1.84 bits per heavy atom. The summed E-state index contributed by atoms with van der Waals surface area (Å²) in [5.41, 5.74) is 6.40. The second kappa shape index (κ2) is 8.51. The maximum absolute atomic E-state index is 5.76. The maximum Gasteiger partial charge on any atom is 0.258 e. The van der Waals surface area contributed by atoms with E-state index in [4.69, 9.17) is 26.5 Å². The fourth-order valence-corrected chi connectivity index (χ4v) is 4.21. The first-order chi connectivity index (χ1) is 14.9. The van der Waals surface area contributed by atoms with Gasteiger partial charge in [0.05, 0.1) is 18.7 Å². The van der Waals surface area contributed by atoms with Crippen LogP contribution in [0.3, 0.4) is 0 Å². The molecule has 0 amide bonds. The molecule has 3 aromatic rings. The van der Waals surface area contributed by atoms with Crippen LogP contribution in [-0.4, -0.2) is 33.8 Å². The minimum Gasteiger partial charge on any atom is -0.497 e. The second-order valence-electron chi connectivity index (χ2n) is 7.62. The van der Waals surface area contributed by atoms with Gasteiger partial charge in [-0.1, -0.05) is 23.4 Å². The lowest BCUT2D eigenvalue weighted by molar-refractivity contribution is 0.398. The molecule has 1 aromatic heterocycles. The monoisotopic (exact) mass is 434 g/mol. The topological polar surface area (TPSA) is 63.4 Å². The van der Waals surface area contributed by atoms with E-state index in [-0.39, 0.29) is 6.04 Å². The van der Waals surface area contributed by atoms with Gasteiger partial charge in [-0.05, 0) is 80.9 Å². The molecule has 1 aliphatic heterocycles. The third-order valence-corrected chi connectivity index (χ3v) is 6.12. The van der Waals surface area contributed by atoms with Gasteiger partial charge in [-0.3, -0.25) is 0 Å². The van der Waals surface area contributed by atoms with Crippen molar-refractivity contribution in [3.8, 4) is 17.1 Å². The normalized spacial score (nSPS) is 16.5. The fourth-order valence-electron chi connectivity index (χ4n) is 3.82. The summed E-state index contributed by atoms with van der Waals surface area (Å²) in [6.45, 7) is 9.10. The van der Waals surface area contributed by atoms with Crippen molar-refractivity contribution in [2.24, 2.45) is 0 Å². The molecule has 1 atom stereocenters. The van der Waals surface area contributed by atoms with Crippen LogP contribution in [0.2, 0.25) is 0 Å². The molecule has 1 aliphatic rings. The lowest BCUT2D eigenvalue weighted by Crippen LogP contribution is -2.45. The Morgan fingerprint density at radius 1 is 1.10 bits per heavy atom. The predicted molar refractivity (Wildman–Crippen MR) is 126 cm³/mol. The molecule has 1 N–H and O–H groups in total. The zero-order valence-corrected chi connectivity index (χ0v) is 19.2. The van der Waals surface area contributed by atoms with Crippen LogP contribution >= 0.6 is 12.2 Å². The standard InChI is InChI=1S/C24H26N4O2S/c1-6-28-16(4)20(21(25-24(28)31)18-8-7-14(2)15(3)13-18)23-26-22(27-30-23)17-9-11-19(29-5)12-10-17/h7-13,21H,6H2,1-5H3,(H,25,31). The molecule has 2 heterocycles. The molecule has 160 valence electrons. The number of hydrogen-bond acceptors (Lipinski definition) is 5. The SMILES string of the molecule is CCN1C(=S)NC(c2ccc(C)c(C)c2)C(c2nc(-c3ccc(OC)cc3)no2)=C1C. The van der Waals surface area contributed by atoms with Gasteiger partial charge in [-0.2, -0.15) is 4.98 Å². The van der Waals surface area contributed by atoms with Crippen LogP contribution in [0.1, 0.15) is 42.5 Å². The summed E-state index contributed by atoms with van der Waals surface area (Å²) in [6, 6.07) is 13.9. The number of nitrogens with one attached hydrogen (secondary N) is 1. The first-order valence-electron chi connectivity index (χ1n) is 10.3. The summed E-state index contributed by atoms with van der Waals surface area (Å²) in [5, 5.41) is 8.42. The molecule has 2 aromatic carbocycles. The average molecular weight is 435 g/mol. The Morgan fingerprint density at radius 3 is 2.48 bits per heavy atom. The van der Waals surface area contributed by atoms with E-state index in [1.807, 2.05) is 24.3 Å². The molecule has 0 bridgehead atoms. The zero-order chi connectivity index (χ0) is 22.1. The highest BCUT2D eigenvalue weighted by atomic mass is 32.1. The van der Waals surface area contributed by atoms with Gasteiger partial charge in [-0.25, -0.2) is 0 Å². The number of aryl methyl sites for hydroxylation is 2. The summed E-state index contributed by atoms with van der Waals surface area (Å²) >= 11 is 5.65. The van der Waals surface area contributed by atoms with Gasteiger partial charge in [0.2, 0.25) is 5.82 Å². The number of benzene rings is 2. The number of nitrogens with zero attached hydrogens (tertiary/aromatic N) is 3. The van der Waals surface area contributed by atoms with Crippen molar-refractivity contribution >= 4 is 22.9 Å². The third-order valence-electron chi connectivity index (χ3n) is 5.78. The molecule has 6 nitrogen and oxygen atoms in total. The van der Waals surface area contributed by atoms with Crippen molar-refractivity contribution in [1.29, 1.82) is 0 Å². The summed E-state index contributed by atoms with van der Waals surface area (Å²) in [4.78, 5) is 6.79. The highest BCUT2D eigenvalue weighted by Gasteiger charge is 2.33. The molecule has 7 heteroatoms. The molecule has 0 aliphatic carbocycles. The molecule has 0 spiro atoms. The van der Waals surface area contributed by atoms with Crippen LogP contribution in [0.4, 0.5) is 0 Å². The van der Waals surface area contributed by atoms with Crippen molar-refractivity contribution in [2.75, 3.05) is 13.7 Å². The summed E-state index contributed by atoms with van der Waals surface area (Å²) in [7, 11) is 1.64. The highest BCUT2D eigenvalue weighted by molar-refractivity contribution is 7.80. The Balaban J connectivity index is 1.79. The van der Waals surface area contributed by atoms with Crippen molar-refractivity contribution < 1.29 is 9.26 Å². The van der Waals surface area contributed by atoms with E-state index in [1.165, 1.54) is 11.1 Å². The predicted octanol–water partition coefficient (Wildman–Crippen LogP) is 5.04. The van der Waals surface area contributed by atoms with Crippen LogP contribution in [0.25, 0.3) is 17.0 Å². The third kappa shape index (κ3) is 3.93. The van der Waals surface area contributed by atoms with E-state index in [1.54, 1.807) is 7.11 Å². The van der Waals surface area contributed by atoms with Crippen molar-refractivity contribution in [2.45, 2.75) is 33.7 Å². The van der Waals surface area contributed by atoms with Crippen LogP contribution in [0.15, 0.2) is 52.7 Å². The van der Waals surface area contributed by atoms with Crippen LogP contribution in [0.5, 0.6) is 5.75 Å². The van der Waals surface area contributed by atoms with Crippen LogP contribution in [-0.2, 0) is 0 Å². The molecule has 1 unspecified atom stereocenters. The molecule has 0 fully saturated rings. The number of allylic oxidation sites excluding steroid dienone is 1. The van der Waals surface area contributed by atoms with E-state index in [9.17, 15) is 0 Å². The maximum atomic E-state index is 5.76. The van der Waals surface area contributed by atoms with E-state index in [2.05, 4.69) is 61.3 Å². The smallest absolute Gasteiger partial charge is 0.258 e. The van der Waals surface area contributed by atoms with Crippen molar-refractivity contribution in [3.05, 3.63) is 70.7 Å². The Bertz CT molecular complexity index is 1150. The number of methoxy groups -OCH3 is 1. The molecule has 31 heavy (non-hydrogen) atoms. The second-order valence-corrected chi connectivity index (χ2v) is 8.01. The van der Waals surface area contributed by atoms with E-state index < -0.39 is 0 Å². The number of hydrogen-bond donors (Lipinski definition) is 1. The average Bonchev–Trinajstić information content (AvgIpc) is 3.25. The zero-order valence-electron chi connectivity index (χ0n) is 18.4. The molecule has 0 saturated carbocycles.